The largest absolute Gasteiger partial charge is 0.497 e. The minimum absolute atomic E-state index is 0.259. The van der Waals surface area contributed by atoms with Crippen LogP contribution in [-0.2, 0) is 0 Å². The van der Waals surface area contributed by atoms with Crippen molar-refractivity contribution in [1.82, 2.24) is 20.5 Å². The van der Waals surface area contributed by atoms with Crippen LogP contribution in [0.4, 0.5) is 0 Å². The van der Waals surface area contributed by atoms with Gasteiger partial charge in [0.05, 0.1) is 18.7 Å². The molecule has 152 valence electrons. The minimum atomic E-state index is -0.344. The molecule has 0 saturated heterocycles. The Morgan fingerprint density at radius 3 is 2.80 bits per heavy atom. The fourth-order valence-electron chi connectivity index (χ4n) is 3.42. The molecule has 7 heteroatoms. The van der Waals surface area contributed by atoms with Gasteiger partial charge in [-0.25, -0.2) is 0 Å². The molecule has 4 N–H and O–H groups in total. The second kappa shape index (κ2) is 8.34. The summed E-state index contributed by atoms with van der Waals surface area (Å²) < 4.78 is 5.26. The number of carbonyl (C=O) groups excluding carboxylic acids is 1. The van der Waals surface area contributed by atoms with Crippen molar-refractivity contribution < 1.29 is 9.53 Å². The summed E-state index contributed by atoms with van der Waals surface area (Å²) in [5.41, 5.74) is 10.9. The molecule has 0 bridgehead atoms. The normalized spacial score (nSPS) is 12.0. The Kier molecular flexibility index (Phi) is 5.45. The van der Waals surface area contributed by atoms with Gasteiger partial charge in [0.25, 0.3) is 5.91 Å². The molecule has 0 fully saturated rings. The number of carbonyl (C=O) groups is 1. The SMILES string of the molecule is COc1cccc(C(CN)NC(=O)c2cc(-c3ccc4n[nH]c(C)c4c3)ccn2)c1. The Morgan fingerprint density at radius 1 is 1.17 bits per heavy atom. The van der Waals surface area contributed by atoms with Gasteiger partial charge in [0.1, 0.15) is 11.4 Å². The van der Waals surface area contributed by atoms with E-state index in [-0.39, 0.29) is 18.5 Å². The van der Waals surface area contributed by atoms with Gasteiger partial charge in [-0.1, -0.05) is 18.2 Å². The summed E-state index contributed by atoms with van der Waals surface area (Å²) in [5.74, 6) is 0.431. The standard InChI is InChI=1S/C23H23N5O2/c1-14-19-11-15(6-7-20(19)28-27-14)16-8-9-25-21(12-16)23(29)26-22(13-24)17-4-3-5-18(10-17)30-2/h3-12,22H,13,24H2,1-2H3,(H,26,29)(H,27,28). The molecule has 0 spiro atoms. The van der Waals surface area contributed by atoms with Crippen molar-refractivity contribution in [2.24, 2.45) is 5.73 Å². The van der Waals surface area contributed by atoms with Gasteiger partial charge in [-0.2, -0.15) is 5.10 Å². The number of nitrogens with zero attached hydrogens (tertiary/aromatic N) is 2. The molecule has 0 aliphatic carbocycles. The molecular formula is C23H23N5O2. The van der Waals surface area contributed by atoms with Gasteiger partial charge >= 0.3 is 0 Å². The summed E-state index contributed by atoms with van der Waals surface area (Å²) in [6.07, 6.45) is 1.64. The first-order chi connectivity index (χ1) is 14.6. The van der Waals surface area contributed by atoms with Gasteiger partial charge in [-0.3, -0.25) is 14.9 Å². The number of hydrogen-bond acceptors (Lipinski definition) is 5. The number of aromatic amines is 1. The van der Waals surface area contributed by atoms with Crippen LogP contribution in [0.5, 0.6) is 5.75 Å². The number of pyridine rings is 1. The molecular weight excluding hydrogens is 378 g/mol. The van der Waals surface area contributed by atoms with E-state index < -0.39 is 0 Å². The predicted octanol–water partition coefficient (Wildman–Crippen LogP) is 3.37. The molecule has 0 aliphatic rings. The molecule has 0 saturated carbocycles. The zero-order chi connectivity index (χ0) is 21.1. The van der Waals surface area contributed by atoms with Gasteiger partial charge in [0.2, 0.25) is 0 Å². The molecule has 0 aliphatic heterocycles. The van der Waals surface area contributed by atoms with Gasteiger partial charge in [0.15, 0.2) is 0 Å². The van der Waals surface area contributed by atoms with Crippen LogP contribution in [-0.4, -0.2) is 34.7 Å². The van der Waals surface area contributed by atoms with Gasteiger partial charge < -0.3 is 15.8 Å². The van der Waals surface area contributed by atoms with E-state index in [1.54, 1.807) is 19.4 Å². The predicted molar refractivity (Wildman–Crippen MR) is 116 cm³/mol. The molecule has 0 radical (unpaired) electrons. The van der Waals surface area contributed by atoms with E-state index in [1.165, 1.54) is 0 Å². The topological polar surface area (TPSA) is 106 Å². The maximum Gasteiger partial charge on any atom is 0.270 e. The number of hydrogen-bond donors (Lipinski definition) is 3. The molecule has 1 amide bonds. The number of nitrogens with two attached hydrogens (primary N) is 1. The first-order valence-corrected chi connectivity index (χ1v) is 9.65. The highest BCUT2D eigenvalue weighted by molar-refractivity contribution is 5.94. The van der Waals surface area contributed by atoms with Crippen molar-refractivity contribution in [3.8, 4) is 16.9 Å². The maximum atomic E-state index is 12.9. The second-order valence-electron chi connectivity index (χ2n) is 7.05. The zero-order valence-electron chi connectivity index (χ0n) is 16.8. The lowest BCUT2D eigenvalue weighted by molar-refractivity contribution is 0.0932. The number of amides is 1. The molecule has 2 aromatic carbocycles. The highest BCUT2D eigenvalue weighted by Crippen LogP contribution is 2.25. The summed E-state index contributed by atoms with van der Waals surface area (Å²) in [6, 6.07) is 16.8. The monoisotopic (exact) mass is 401 g/mol. The molecule has 2 heterocycles. The Labute approximate surface area is 174 Å². The first kappa shape index (κ1) is 19.6. The molecule has 30 heavy (non-hydrogen) atoms. The van der Waals surface area contributed by atoms with Crippen molar-refractivity contribution in [3.63, 3.8) is 0 Å². The van der Waals surface area contributed by atoms with Crippen LogP contribution in [0.2, 0.25) is 0 Å². The minimum Gasteiger partial charge on any atom is -0.497 e. The fourth-order valence-corrected chi connectivity index (χ4v) is 3.42. The molecule has 1 unspecified atom stereocenters. The Balaban J connectivity index is 1.59. The van der Waals surface area contributed by atoms with Crippen LogP contribution in [0.25, 0.3) is 22.0 Å². The maximum absolute atomic E-state index is 12.9. The average molecular weight is 401 g/mol. The van der Waals surface area contributed by atoms with Crippen molar-refractivity contribution in [2.45, 2.75) is 13.0 Å². The van der Waals surface area contributed by atoms with E-state index in [0.717, 1.165) is 33.3 Å². The number of fused-ring (bicyclic) bond motifs is 1. The van der Waals surface area contributed by atoms with Crippen molar-refractivity contribution in [2.75, 3.05) is 13.7 Å². The number of methoxy groups -OCH3 is 1. The highest BCUT2D eigenvalue weighted by Gasteiger charge is 2.17. The summed E-state index contributed by atoms with van der Waals surface area (Å²) in [5, 5.41) is 11.3. The van der Waals surface area contributed by atoms with E-state index in [0.29, 0.717) is 11.4 Å². The Hall–Kier alpha value is -3.71. The summed E-state index contributed by atoms with van der Waals surface area (Å²) in [7, 11) is 1.60. The molecule has 2 aromatic heterocycles. The highest BCUT2D eigenvalue weighted by atomic mass is 16.5. The van der Waals surface area contributed by atoms with Gasteiger partial charge in [-0.05, 0) is 60.0 Å². The van der Waals surface area contributed by atoms with Crippen LogP contribution in [0, 0.1) is 6.92 Å². The van der Waals surface area contributed by atoms with Crippen LogP contribution in [0.3, 0.4) is 0 Å². The van der Waals surface area contributed by atoms with Gasteiger partial charge in [0, 0.05) is 23.8 Å². The van der Waals surface area contributed by atoms with Crippen LogP contribution < -0.4 is 15.8 Å². The lowest BCUT2D eigenvalue weighted by Gasteiger charge is -2.18. The number of H-pyrrole nitrogens is 1. The quantitative estimate of drug-likeness (QED) is 0.459. The van der Waals surface area contributed by atoms with E-state index in [2.05, 4.69) is 26.6 Å². The third kappa shape index (κ3) is 3.88. The third-order valence-corrected chi connectivity index (χ3v) is 5.11. The number of aryl methyl sites for hydroxylation is 1. The van der Waals surface area contributed by atoms with Crippen LogP contribution in [0.15, 0.2) is 60.8 Å². The average Bonchev–Trinajstić information content (AvgIpc) is 3.17. The van der Waals surface area contributed by atoms with Gasteiger partial charge in [-0.15, -0.1) is 0 Å². The lowest BCUT2D eigenvalue weighted by Crippen LogP contribution is -2.33. The molecule has 1 atom stereocenters. The number of ether oxygens (including phenoxy) is 1. The van der Waals surface area contributed by atoms with E-state index in [1.807, 2.05) is 49.4 Å². The number of benzene rings is 2. The lowest BCUT2D eigenvalue weighted by atomic mass is 10.0. The Morgan fingerprint density at radius 2 is 2.00 bits per heavy atom. The molecule has 7 nitrogen and oxygen atoms in total. The van der Waals surface area contributed by atoms with Crippen LogP contribution in [0.1, 0.15) is 27.8 Å². The Bertz CT molecular complexity index is 1200. The second-order valence-corrected chi connectivity index (χ2v) is 7.05. The van der Waals surface area contributed by atoms with Crippen LogP contribution >= 0.6 is 0 Å². The number of rotatable bonds is 6. The van der Waals surface area contributed by atoms with Crippen molar-refractivity contribution in [3.05, 3.63) is 77.7 Å². The third-order valence-electron chi connectivity index (χ3n) is 5.11. The summed E-state index contributed by atoms with van der Waals surface area (Å²) >= 11 is 0. The van der Waals surface area contributed by atoms with E-state index >= 15 is 0 Å². The summed E-state index contributed by atoms with van der Waals surface area (Å²) in [4.78, 5) is 17.1. The fraction of sp³-hybridized carbons (Fsp3) is 0.174. The van der Waals surface area contributed by atoms with Crippen molar-refractivity contribution in [1.29, 1.82) is 0 Å². The van der Waals surface area contributed by atoms with Crippen molar-refractivity contribution >= 4 is 16.8 Å². The summed E-state index contributed by atoms with van der Waals surface area (Å²) in [6.45, 7) is 2.24. The number of aromatic nitrogens is 3. The molecule has 4 rings (SSSR count). The first-order valence-electron chi connectivity index (χ1n) is 9.65. The molecule has 4 aromatic rings. The number of nitrogens with one attached hydrogen (secondary N) is 2. The smallest absolute Gasteiger partial charge is 0.270 e. The van der Waals surface area contributed by atoms with E-state index in [9.17, 15) is 4.79 Å². The zero-order valence-corrected chi connectivity index (χ0v) is 16.8. The van der Waals surface area contributed by atoms with E-state index in [4.69, 9.17) is 10.5 Å².